The molecule has 0 saturated carbocycles. The number of hydrogen-bond donors (Lipinski definition) is 1. The van der Waals surface area contributed by atoms with Crippen molar-refractivity contribution in [3.63, 3.8) is 0 Å². The Morgan fingerprint density at radius 3 is 2.83 bits per heavy atom. The maximum atomic E-state index is 12.4. The van der Waals surface area contributed by atoms with Gasteiger partial charge >= 0.3 is 0 Å². The van der Waals surface area contributed by atoms with Gasteiger partial charge in [0, 0.05) is 25.6 Å². The lowest BCUT2D eigenvalue weighted by atomic mass is 9.83. The van der Waals surface area contributed by atoms with E-state index in [0.717, 1.165) is 38.2 Å². The predicted molar refractivity (Wildman–Crippen MR) is 118 cm³/mol. The van der Waals surface area contributed by atoms with Gasteiger partial charge in [-0.1, -0.05) is 48.5 Å². The van der Waals surface area contributed by atoms with Gasteiger partial charge in [0.25, 0.3) is 0 Å². The zero-order valence-electron chi connectivity index (χ0n) is 17.7. The summed E-state index contributed by atoms with van der Waals surface area (Å²) in [5.74, 6) is 1.17. The normalized spacial score (nSPS) is 25.7. The van der Waals surface area contributed by atoms with Gasteiger partial charge in [0.2, 0.25) is 5.91 Å². The summed E-state index contributed by atoms with van der Waals surface area (Å²) in [7, 11) is 0. The van der Waals surface area contributed by atoms with Crippen LogP contribution in [0.15, 0.2) is 48.5 Å². The number of carbonyl (C=O) groups excluding carboxylic acids is 1. The summed E-state index contributed by atoms with van der Waals surface area (Å²) in [4.78, 5) is 15.0. The fraction of sp³-hybridized carbons (Fsp3) is 0.500. The molecular formula is C26H32N2O2. The van der Waals surface area contributed by atoms with Gasteiger partial charge in [-0.2, -0.15) is 0 Å². The average molecular weight is 405 g/mol. The largest absolute Gasteiger partial charge is 0.377 e. The Morgan fingerprint density at radius 1 is 1.07 bits per heavy atom. The summed E-state index contributed by atoms with van der Waals surface area (Å²) in [5, 5.41) is 3.05. The number of carbonyl (C=O) groups is 1. The van der Waals surface area contributed by atoms with Crippen LogP contribution in [0.25, 0.3) is 0 Å². The van der Waals surface area contributed by atoms with Crippen LogP contribution in [0.1, 0.15) is 41.5 Å². The lowest BCUT2D eigenvalue weighted by Gasteiger charge is -2.35. The molecule has 2 fully saturated rings. The highest BCUT2D eigenvalue weighted by Gasteiger charge is 2.41. The molecule has 2 heterocycles. The zero-order chi connectivity index (χ0) is 20.3. The van der Waals surface area contributed by atoms with Crippen LogP contribution in [-0.2, 0) is 35.5 Å². The number of piperidine rings is 1. The first-order valence-corrected chi connectivity index (χ1v) is 11.5. The van der Waals surface area contributed by atoms with E-state index in [4.69, 9.17) is 4.74 Å². The van der Waals surface area contributed by atoms with Crippen molar-refractivity contribution in [2.24, 2.45) is 11.8 Å². The molecule has 2 aliphatic heterocycles. The Hall–Kier alpha value is -2.17. The van der Waals surface area contributed by atoms with E-state index < -0.39 is 0 Å². The lowest BCUT2D eigenvalue weighted by molar-refractivity contribution is -0.124. The number of hydrogen-bond acceptors (Lipinski definition) is 3. The minimum atomic E-state index is 0.0768. The van der Waals surface area contributed by atoms with Crippen LogP contribution in [0.3, 0.4) is 0 Å². The molecule has 3 aliphatic rings. The van der Waals surface area contributed by atoms with Gasteiger partial charge in [-0.25, -0.2) is 0 Å². The van der Waals surface area contributed by atoms with E-state index in [2.05, 4.69) is 28.4 Å². The van der Waals surface area contributed by atoms with E-state index in [-0.39, 0.29) is 12.0 Å². The zero-order valence-corrected chi connectivity index (χ0v) is 17.7. The third-order valence-electron chi connectivity index (χ3n) is 7.17. The van der Waals surface area contributed by atoms with Crippen LogP contribution in [0.5, 0.6) is 0 Å². The number of ether oxygens (including phenoxy) is 1. The summed E-state index contributed by atoms with van der Waals surface area (Å²) < 4.78 is 6.09. The Labute approximate surface area is 179 Å². The van der Waals surface area contributed by atoms with Crippen molar-refractivity contribution in [3.05, 3.63) is 70.8 Å². The molecule has 2 aromatic carbocycles. The van der Waals surface area contributed by atoms with Gasteiger partial charge in [-0.05, 0) is 60.4 Å². The van der Waals surface area contributed by atoms with Crippen LogP contribution in [0.4, 0.5) is 0 Å². The number of aryl methyl sites for hydroxylation is 2. The molecule has 2 aromatic rings. The monoisotopic (exact) mass is 404 g/mol. The van der Waals surface area contributed by atoms with Crippen LogP contribution in [0.2, 0.25) is 0 Å². The molecule has 1 aliphatic carbocycles. The smallest absolute Gasteiger partial charge is 0.222 e. The molecule has 0 spiro atoms. The predicted octanol–water partition coefficient (Wildman–Crippen LogP) is 3.72. The van der Waals surface area contributed by atoms with Crippen molar-refractivity contribution >= 4 is 5.91 Å². The molecule has 158 valence electrons. The number of nitrogens with one attached hydrogen (secondary N) is 1. The molecule has 5 rings (SSSR count). The standard InChI is InChI=1S/C26H32N2O2/c29-26(27-15-19-5-2-1-3-6-19)14-25-24-11-12-28(17-23(24)18-30-25)16-20-9-10-21-7-4-8-22(21)13-20/h1-3,5-6,9-10,13,23-25H,4,7-8,11-12,14-18H2,(H,27,29)/t23-,24-,25+/m1/s1. The SMILES string of the molecule is O=C(C[C@@H]1OC[C@H]2CN(Cc3ccc4c(c3)CCC4)CC[C@H]21)NCc1ccccc1. The van der Waals surface area contributed by atoms with Crippen LogP contribution in [-0.4, -0.2) is 36.6 Å². The van der Waals surface area contributed by atoms with E-state index in [1.807, 2.05) is 30.3 Å². The first kappa shape index (κ1) is 19.8. The minimum absolute atomic E-state index is 0.0768. The Morgan fingerprint density at radius 2 is 1.93 bits per heavy atom. The van der Waals surface area contributed by atoms with E-state index in [1.54, 1.807) is 11.1 Å². The fourth-order valence-electron chi connectivity index (χ4n) is 5.55. The van der Waals surface area contributed by atoms with Gasteiger partial charge in [-0.3, -0.25) is 9.69 Å². The second-order valence-electron chi connectivity index (χ2n) is 9.24. The number of nitrogens with zero attached hydrogens (tertiary/aromatic N) is 1. The summed E-state index contributed by atoms with van der Waals surface area (Å²) in [5.41, 5.74) is 5.70. The van der Waals surface area contributed by atoms with Crippen molar-refractivity contribution in [2.75, 3.05) is 19.7 Å². The molecule has 4 nitrogen and oxygen atoms in total. The van der Waals surface area contributed by atoms with Crippen LogP contribution in [0, 0.1) is 11.8 Å². The van der Waals surface area contributed by atoms with Crippen molar-refractivity contribution in [1.29, 1.82) is 0 Å². The van der Waals surface area contributed by atoms with Gasteiger partial charge in [0.15, 0.2) is 0 Å². The van der Waals surface area contributed by atoms with E-state index >= 15 is 0 Å². The molecular weight excluding hydrogens is 372 g/mol. The molecule has 0 radical (unpaired) electrons. The molecule has 0 aromatic heterocycles. The second-order valence-corrected chi connectivity index (χ2v) is 9.24. The Bertz CT molecular complexity index is 882. The highest BCUT2D eigenvalue weighted by Crippen LogP contribution is 2.36. The molecule has 0 unspecified atom stereocenters. The Balaban J connectivity index is 1.11. The highest BCUT2D eigenvalue weighted by atomic mass is 16.5. The van der Waals surface area contributed by atoms with E-state index in [1.165, 1.54) is 24.8 Å². The first-order valence-electron chi connectivity index (χ1n) is 11.5. The van der Waals surface area contributed by atoms with Gasteiger partial charge < -0.3 is 10.1 Å². The number of rotatable bonds is 6. The van der Waals surface area contributed by atoms with Crippen molar-refractivity contribution in [2.45, 2.75) is 51.3 Å². The quantitative estimate of drug-likeness (QED) is 0.798. The summed E-state index contributed by atoms with van der Waals surface area (Å²) in [6, 6.07) is 17.2. The van der Waals surface area contributed by atoms with Crippen molar-refractivity contribution < 1.29 is 9.53 Å². The van der Waals surface area contributed by atoms with Gasteiger partial charge in [0.1, 0.15) is 0 Å². The summed E-state index contributed by atoms with van der Waals surface area (Å²) in [6.45, 7) is 4.61. The molecule has 1 N–H and O–H groups in total. The maximum Gasteiger partial charge on any atom is 0.222 e. The summed E-state index contributed by atoms with van der Waals surface area (Å²) in [6.07, 6.45) is 5.50. The van der Waals surface area contributed by atoms with Crippen LogP contribution < -0.4 is 5.32 Å². The molecule has 3 atom stereocenters. The molecule has 1 amide bonds. The minimum Gasteiger partial charge on any atom is -0.377 e. The average Bonchev–Trinajstić information content (AvgIpc) is 3.39. The third-order valence-corrected chi connectivity index (χ3v) is 7.17. The summed E-state index contributed by atoms with van der Waals surface area (Å²) >= 11 is 0. The second kappa shape index (κ2) is 8.91. The Kier molecular flexibility index (Phi) is 5.87. The van der Waals surface area contributed by atoms with E-state index in [0.29, 0.717) is 24.8 Å². The first-order chi connectivity index (χ1) is 14.7. The molecule has 4 heteroatoms. The molecule has 30 heavy (non-hydrogen) atoms. The third kappa shape index (κ3) is 4.45. The number of fused-ring (bicyclic) bond motifs is 2. The van der Waals surface area contributed by atoms with Crippen LogP contribution >= 0.6 is 0 Å². The topological polar surface area (TPSA) is 41.6 Å². The number of likely N-dealkylation sites (tertiary alicyclic amines) is 1. The number of amides is 1. The van der Waals surface area contributed by atoms with Gasteiger partial charge in [0.05, 0.1) is 19.1 Å². The van der Waals surface area contributed by atoms with Gasteiger partial charge in [-0.15, -0.1) is 0 Å². The number of benzene rings is 2. The van der Waals surface area contributed by atoms with Crippen molar-refractivity contribution in [1.82, 2.24) is 10.2 Å². The fourth-order valence-corrected chi connectivity index (χ4v) is 5.55. The van der Waals surface area contributed by atoms with E-state index in [9.17, 15) is 4.79 Å². The highest BCUT2D eigenvalue weighted by molar-refractivity contribution is 5.76. The lowest BCUT2D eigenvalue weighted by Crippen LogP contribution is -2.41. The van der Waals surface area contributed by atoms with Crippen molar-refractivity contribution in [3.8, 4) is 0 Å². The maximum absolute atomic E-state index is 12.4. The molecule has 2 saturated heterocycles. The molecule has 0 bridgehead atoms.